The highest BCUT2D eigenvalue weighted by Gasteiger charge is 2.26. The van der Waals surface area contributed by atoms with E-state index in [1.54, 1.807) is 26.8 Å². The quantitative estimate of drug-likeness (QED) is 0.546. The van der Waals surface area contributed by atoms with Crippen LogP contribution in [0.2, 0.25) is 0 Å². The van der Waals surface area contributed by atoms with E-state index in [-0.39, 0.29) is 19.1 Å². The molecular formula is C21H31N5O4. The fourth-order valence-electron chi connectivity index (χ4n) is 3.53. The third-order valence-corrected chi connectivity index (χ3v) is 5.19. The number of aliphatic carboxylic acids is 2. The molecule has 1 heterocycles. The van der Waals surface area contributed by atoms with Crippen LogP contribution in [0.3, 0.4) is 0 Å². The van der Waals surface area contributed by atoms with Crippen LogP contribution >= 0.6 is 0 Å². The van der Waals surface area contributed by atoms with E-state index in [0.717, 1.165) is 5.56 Å². The molecule has 0 bridgehead atoms. The van der Waals surface area contributed by atoms with Gasteiger partial charge in [-0.2, -0.15) is 0 Å². The van der Waals surface area contributed by atoms with Gasteiger partial charge in [-0.05, 0) is 24.1 Å². The summed E-state index contributed by atoms with van der Waals surface area (Å²) in [6, 6.07) is 7.19. The molecule has 0 aliphatic carbocycles. The van der Waals surface area contributed by atoms with E-state index in [4.69, 9.17) is 19.8 Å². The first-order valence-electron chi connectivity index (χ1n) is 9.96. The lowest BCUT2D eigenvalue weighted by Gasteiger charge is -2.36. The van der Waals surface area contributed by atoms with Crippen LogP contribution in [0.5, 0.6) is 0 Å². The van der Waals surface area contributed by atoms with Crippen LogP contribution in [-0.2, 0) is 16.0 Å². The minimum absolute atomic E-state index is 0.143. The van der Waals surface area contributed by atoms with Crippen LogP contribution in [0.15, 0.2) is 24.3 Å². The van der Waals surface area contributed by atoms with Gasteiger partial charge in [-0.15, -0.1) is 0 Å². The van der Waals surface area contributed by atoms with Crippen LogP contribution in [0.25, 0.3) is 0 Å². The Hall–Kier alpha value is -2.20. The number of nitrogen functional groups attached to an aromatic ring is 1. The summed E-state index contributed by atoms with van der Waals surface area (Å²) in [5, 5.41) is 18.8. The van der Waals surface area contributed by atoms with E-state index in [9.17, 15) is 19.8 Å². The molecule has 1 saturated heterocycles. The molecule has 164 valence electrons. The van der Waals surface area contributed by atoms with Gasteiger partial charge < -0.3 is 15.9 Å². The number of nitrogens with two attached hydrogens (primary N) is 1. The van der Waals surface area contributed by atoms with Crippen molar-refractivity contribution >= 4 is 17.6 Å². The van der Waals surface area contributed by atoms with Gasteiger partial charge in [-0.25, -0.2) is 0 Å². The van der Waals surface area contributed by atoms with Crippen molar-refractivity contribution in [2.24, 2.45) is 0 Å². The van der Waals surface area contributed by atoms with Crippen LogP contribution < -0.4 is 5.73 Å². The van der Waals surface area contributed by atoms with Crippen molar-refractivity contribution in [3.63, 3.8) is 0 Å². The molecule has 9 nitrogen and oxygen atoms in total. The molecule has 1 aromatic rings. The molecule has 1 unspecified atom stereocenters. The molecule has 4 radical (unpaired) electrons. The van der Waals surface area contributed by atoms with E-state index in [1.165, 1.54) is 0 Å². The Morgan fingerprint density at radius 3 is 2.00 bits per heavy atom. The SMILES string of the molecule is [CH]N1CCN([CH])CCN(CC(=O)O)C(Cc2ccc(N)cc2)CN(CC(=O)O)CC1. The number of carboxylic acids is 2. The third kappa shape index (κ3) is 8.66. The summed E-state index contributed by atoms with van der Waals surface area (Å²) in [5.74, 6) is -1.87. The summed E-state index contributed by atoms with van der Waals surface area (Å²) in [4.78, 5) is 29.9. The second kappa shape index (κ2) is 11.8. The first-order valence-corrected chi connectivity index (χ1v) is 9.96. The topological polar surface area (TPSA) is 114 Å². The maximum atomic E-state index is 11.5. The van der Waals surface area contributed by atoms with E-state index >= 15 is 0 Å². The molecule has 1 atom stereocenters. The highest BCUT2D eigenvalue weighted by atomic mass is 16.4. The lowest BCUT2D eigenvalue weighted by atomic mass is 10.0. The predicted molar refractivity (Wildman–Crippen MR) is 113 cm³/mol. The third-order valence-electron chi connectivity index (χ3n) is 5.19. The summed E-state index contributed by atoms with van der Waals surface area (Å²) < 4.78 is 0. The normalized spacial score (nSPS) is 21.6. The predicted octanol–water partition coefficient (Wildman–Crippen LogP) is -0.0921. The van der Waals surface area contributed by atoms with Gasteiger partial charge in [0.25, 0.3) is 0 Å². The first-order chi connectivity index (χ1) is 14.2. The Morgan fingerprint density at radius 1 is 0.900 bits per heavy atom. The molecule has 0 saturated carbocycles. The monoisotopic (exact) mass is 417 g/mol. The first kappa shape index (κ1) is 24.1. The molecule has 9 heteroatoms. The van der Waals surface area contributed by atoms with Gasteiger partial charge in [-0.3, -0.25) is 29.2 Å². The smallest absolute Gasteiger partial charge is 0.317 e. The lowest BCUT2D eigenvalue weighted by molar-refractivity contribution is -0.141. The Morgan fingerprint density at radius 2 is 1.43 bits per heavy atom. The molecule has 0 spiro atoms. The Kier molecular flexibility index (Phi) is 9.51. The van der Waals surface area contributed by atoms with Crippen molar-refractivity contribution in [1.29, 1.82) is 0 Å². The van der Waals surface area contributed by atoms with Crippen LogP contribution in [0, 0.1) is 14.1 Å². The van der Waals surface area contributed by atoms with Crippen LogP contribution in [0.4, 0.5) is 5.69 Å². The zero-order valence-electron chi connectivity index (χ0n) is 17.2. The number of benzene rings is 1. The summed E-state index contributed by atoms with van der Waals surface area (Å²) in [6.07, 6.45) is 0.556. The van der Waals surface area contributed by atoms with E-state index < -0.39 is 11.9 Å². The molecule has 1 aromatic carbocycles. The molecule has 2 rings (SSSR count). The fourth-order valence-corrected chi connectivity index (χ4v) is 3.53. The largest absolute Gasteiger partial charge is 0.480 e. The summed E-state index contributed by atoms with van der Waals surface area (Å²) in [5.41, 5.74) is 7.42. The average molecular weight is 418 g/mol. The van der Waals surface area contributed by atoms with Crippen molar-refractivity contribution in [3.8, 4) is 0 Å². The van der Waals surface area contributed by atoms with Gasteiger partial charge in [0.1, 0.15) is 0 Å². The van der Waals surface area contributed by atoms with Crippen molar-refractivity contribution < 1.29 is 19.8 Å². The highest BCUT2D eigenvalue weighted by molar-refractivity contribution is 5.69. The number of carboxylic acid groups (broad SMARTS) is 2. The van der Waals surface area contributed by atoms with Crippen molar-refractivity contribution in [1.82, 2.24) is 19.6 Å². The summed E-state index contributed by atoms with van der Waals surface area (Å²) in [7, 11) is 12.1. The van der Waals surface area contributed by atoms with E-state index in [2.05, 4.69) is 0 Å². The zero-order chi connectivity index (χ0) is 22.1. The molecule has 0 aromatic heterocycles. The van der Waals surface area contributed by atoms with Crippen molar-refractivity contribution in [2.45, 2.75) is 12.5 Å². The lowest BCUT2D eigenvalue weighted by Crippen LogP contribution is -2.52. The number of carbonyl (C=O) groups is 2. The maximum absolute atomic E-state index is 11.5. The second-order valence-corrected chi connectivity index (χ2v) is 7.66. The standard InChI is InChI=1S/C21H31N5O4/c1-23-7-8-24(2)10-12-26(16-21(29)30)19(13-17-3-5-18(22)6-4-17)14-25(11-9-23)15-20(27)28/h1-6,19H,7-16,22H2,(H,27,28)(H,29,30). The Bertz CT molecular complexity index is 684. The summed E-state index contributed by atoms with van der Waals surface area (Å²) in [6.45, 7) is 2.99. The summed E-state index contributed by atoms with van der Waals surface area (Å²) >= 11 is 0. The molecule has 0 amide bonds. The van der Waals surface area contributed by atoms with Gasteiger partial charge in [0, 0.05) is 71.6 Å². The number of hydrogen-bond acceptors (Lipinski definition) is 7. The highest BCUT2D eigenvalue weighted by Crippen LogP contribution is 2.14. The van der Waals surface area contributed by atoms with E-state index in [1.807, 2.05) is 17.0 Å². The number of anilines is 1. The minimum Gasteiger partial charge on any atom is -0.480 e. The Balaban J connectivity index is 2.29. The van der Waals surface area contributed by atoms with Gasteiger partial charge in [0.2, 0.25) is 0 Å². The molecule has 1 fully saturated rings. The van der Waals surface area contributed by atoms with Gasteiger partial charge in [-0.1, -0.05) is 12.1 Å². The molecule has 4 N–H and O–H groups in total. The fraction of sp³-hybridized carbons (Fsp3) is 0.524. The van der Waals surface area contributed by atoms with Crippen molar-refractivity contribution in [2.75, 3.05) is 64.6 Å². The van der Waals surface area contributed by atoms with Crippen molar-refractivity contribution in [3.05, 3.63) is 43.9 Å². The minimum atomic E-state index is -0.939. The number of nitrogens with zero attached hydrogens (tertiary/aromatic N) is 4. The van der Waals surface area contributed by atoms with E-state index in [0.29, 0.717) is 57.9 Å². The molecular weight excluding hydrogens is 386 g/mol. The molecule has 1 aliphatic heterocycles. The maximum Gasteiger partial charge on any atom is 0.317 e. The zero-order valence-corrected chi connectivity index (χ0v) is 17.2. The Labute approximate surface area is 178 Å². The van der Waals surface area contributed by atoms with Gasteiger partial charge in [0.15, 0.2) is 0 Å². The van der Waals surface area contributed by atoms with Gasteiger partial charge >= 0.3 is 11.9 Å². The molecule has 30 heavy (non-hydrogen) atoms. The van der Waals surface area contributed by atoms with Gasteiger partial charge in [0.05, 0.1) is 13.1 Å². The second-order valence-electron chi connectivity index (χ2n) is 7.66. The molecule has 1 aliphatic rings. The van der Waals surface area contributed by atoms with Crippen LogP contribution in [-0.4, -0.2) is 107 Å². The van der Waals surface area contributed by atoms with Crippen LogP contribution in [0.1, 0.15) is 5.56 Å². The number of hydrogen-bond donors (Lipinski definition) is 3. The average Bonchev–Trinajstić information content (AvgIpc) is 2.67. The number of rotatable bonds is 6.